The van der Waals surface area contributed by atoms with Crippen LogP contribution in [0, 0.1) is 6.92 Å². The van der Waals surface area contributed by atoms with Gasteiger partial charge in [0.1, 0.15) is 0 Å². The smallest absolute Gasteiger partial charge is 0.321 e. The fraction of sp³-hybridized carbons (Fsp3) is 0.444. The summed E-state index contributed by atoms with van der Waals surface area (Å²) < 4.78 is 0. The molecule has 0 saturated carbocycles. The second kappa shape index (κ2) is 6.34. The van der Waals surface area contributed by atoms with Crippen LogP contribution in [-0.4, -0.2) is 27.9 Å². The molecule has 15 heavy (non-hydrogen) atoms. The van der Waals surface area contributed by atoms with Gasteiger partial charge in [0, 0.05) is 23.8 Å². The van der Waals surface area contributed by atoms with Crippen LogP contribution in [-0.2, 0) is 0 Å². The zero-order valence-corrected chi connectivity index (χ0v) is 10.0. The van der Waals surface area contributed by atoms with Crippen molar-refractivity contribution in [2.45, 2.75) is 13.3 Å². The molecule has 5 nitrogen and oxygen atoms in total. The van der Waals surface area contributed by atoms with Crippen LogP contribution < -0.4 is 10.6 Å². The average molecular weight is 273 g/mol. The number of urea groups is 1. The van der Waals surface area contributed by atoms with E-state index in [9.17, 15) is 4.79 Å². The number of rotatable bonds is 4. The van der Waals surface area contributed by atoms with Gasteiger partial charge in [-0.1, -0.05) is 15.9 Å². The molecular weight excluding hydrogens is 260 g/mol. The van der Waals surface area contributed by atoms with E-state index in [2.05, 4.69) is 36.5 Å². The molecule has 0 radical (unpaired) electrons. The van der Waals surface area contributed by atoms with Crippen LogP contribution in [0.4, 0.5) is 10.7 Å². The Morgan fingerprint density at radius 2 is 2.40 bits per heavy atom. The SMILES string of the molecule is Cc1ccnc(NC(=O)NCCCBr)n1. The van der Waals surface area contributed by atoms with Crippen LogP contribution in [0.25, 0.3) is 0 Å². The third-order valence-corrected chi connectivity index (χ3v) is 2.18. The van der Waals surface area contributed by atoms with Crippen molar-refractivity contribution >= 4 is 27.9 Å². The zero-order chi connectivity index (χ0) is 11.1. The Hall–Kier alpha value is -1.17. The Labute approximate surface area is 96.8 Å². The van der Waals surface area contributed by atoms with Crippen molar-refractivity contribution in [3.05, 3.63) is 18.0 Å². The van der Waals surface area contributed by atoms with Crippen molar-refractivity contribution < 1.29 is 4.79 Å². The molecule has 0 atom stereocenters. The van der Waals surface area contributed by atoms with Gasteiger partial charge in [0.2, 0.25) is 5.95 Å². The van der Waals surface area contributed by atoms with Crippen LogP contribution >= 0.6 is 15.9 Å². The van der Waals surface area contributed by atoms with Crippen molar-refractivity contribution in [3.8, 4) is 0 Å². The van der Waals surface area contributed by atoms with Crippen molar-refractivity contribution in [3.63, 3.8) is 0 Å². The van der Waals surface area contributed by atoms with Crippen molar-refractivity contribution in [1.29, 1.82) is 0 Å². The maximum atomic E-state index is 11.3. The Bertz CT molecular complexity index is 332. The Kier molecular flexibility index (Phi) is 5.03. The summed E-state index contributed by atoms with van der Waals surface area (Å²) in [5.74, 6) is 0.325. The fourth-order valence-electron chi connectivity index (χ4n) is 0.924. The Morgan fingerprint density at radius 3 is 3.07 bits per heavy atom. The lowest BCUT2D eigenvalue weighted by Gasteiger charge is -2.05. The normalized spacial score (nSPS) is 9.73. The van der Waals surface area contributed by atoms with Gasteiger partial charge in [0.05, 0.1) is 0 Å². The molecule has 0 aliphatic heterocycles. The van der Waals surface area contributed by atoms with Crippen LogP contribution in [0.2, 0.25) is 0 Å². The second-order valence-electron chi connectivity index (χ2n) is 2.95. The molecule has 1 rings (SSSR count). The number of hydrogen-bond donors (Lipinski definition) is 2. The summed E-state index contributed by atoms with van der Waals surface area (Å²) in [4.78, 5) is 19.2. The summed E-state index contributed by atoms with van der Waals surface area (Å²) in [6, 6.07) is 1.50. The molecule has 0 fully saturated rings. The molecule has 6 heteroatoms. The van der Waals surface area contributed by atoms with Crippen molar-refractivity contribution in [2.24, 2.45) is 0 Å². The standard InChI is InChI=1S/C9H13BrN4O/c1-7-3-6-11-8(13-7)14-9(15)12-5-2-4-10/h3,6H,2,4-5H2,1H3,(H2,11,12,13,14,15). The molecule has 0 spiro atoms. The molecule has 1 aromatic rings. The average Bonchev–Trinajstić information content (AvgIpc) is 2.18. The van der Waals surface area contributed by atoms with Gasteiger partial charge < -0.3 is 5.32 Å². The third-order valence-electron chi connectivity index (χ3n) is 1.62. The van der Waals surface area contributed by atoms with E-state index in [1.54, 1.807) is 12.3 Å². The number of anilines is 1. The molecule has 0 aliphatic rings. The first-order valence-electron chi connectivity index (χ1n) is 4.63. The van der Waals surface area contributed by atoms with Gasteiger partial charge in [-0.25, -0.2) is 14.8 Å². The fourth-order valence-corrected chi connectivity index (χ4v) is 1.20. The van der Waals surface area contributed by atoms with Crippen LogP contribution in [0.3, 0.4) is 0 Å². The monoisotopic (exact) mass is 272 g/mol. The van der Waals surface area contributed by atoms with Gasteiger partial charge in [-0.15, -0.1) is 0 Å². The number of nitrogens with zero attached hydrogens (tertiary/aromatic N) is 2. The number of halogens is 1. The van der Waals surface area contributed by atoms with E-state index < -0.39 is 0 Å². The highest BCUT2D eigenvalue weighted by Crippen LogP contribution is 1.98. The topological polar surface area (TPSA) is 66.9 Å². The largest absolute Gasteiger partial charge is 0.338 e. The first-order chi connectivity index (χ1) is 7.22. The highest BCUT2D eigenvalue weighted by molar-refractivity contribution is 9.09. The number of carbonyl (C=O) groups excluding carboxylic acids is 1. The molecule has 0 unspecified atom stereocenters. The molecule has 0 aromatic carbocycles. The van der Waals surface area contributed by atoms with E-state index in [4.69, 9.17) is 0 Å². The Balaban J connectivity index is 2.37. The van der Waals surface area contributed by atoms with E-state index in [1.807, 2.05) is 6.92 Å². The lowest BCUT2D eigenvalue weighted by atomic mass is 10.5. The minimum absolute atomic E-state index is 0.276. The Morgan fingerprint density at radius 1 is 1.60 bits per heavy atom. The number of nitrogens with one attached hydrogen (secondary N) is 2. The van der Waals surface area contributed by atoms with Gasteiger partial charge in [0.25, 0.3) is 0 Å². The maximum Gasteiger partial charge on any atom is 0.321 e. The summed E-state index contributed by atoms with van der Waals surface area (Å²) >= 11 is 3.28. The van der Waals surface area contributed by atoms with E-state index in [-0.39, 0.29) is 6.03 Å². The molecular formula is C9H13BrN4O. The second-order valence-corrected chi connectivity index (χ2v) is 3.74. The molecule has 0 saturated heterocycles. The molecule has 2 N–H and O–H groups in total. The van der Waals surface area contributed by atoms with Gasteiger partial charge in [0.15, 0.2) is 0 Å². The van der Waals surface area contributed by atoms with E-state index >= 15 is 0 Å². The van der Waals surface area contributed by atoms with E-state index in [1.165, 1.54) is 0 Å². The highest BCUT2D eigenvalue weighted by atomic mass is 79.9. The number of aromatic nitrogens is 2. The van der Waals surface area contributed by atoms with Crippen LogP contribution in [0.15, 0.2) is 12.3 Å². The minimum atomic E-state index is -0.276. The van der Waals surface area contributed by atoms with Gasteiger partial charge >= 0.3 is 6.03 Å². The van der Waals surface area contributed by atoms with Crippen LogP contribution in [0.1, 0.15) is 12.1 Å². The first kappa shape index (κ1) is 11.9. The van der Waals surface area contributed by atoms with Crippen LogP contribution in [0.5, 0.6) is 0 Å². The summed E-state index contributed by atoms with van der Waals surface area (Å²) in [6.45, 7) is 2.47. The maximum absolute atomic E-state index is 11.3. The third kappa shape index (κ3) is 4.73. The molecule has 2 amide bonds. The summed E-state index contributed by atoms with van der Waals surface area (Å²) in [5, 5.41) is 6.11. The minimum Gasteiger partial charge on any atom is -0.338 e. The molecule has 0 aliphatic carbocycles. The predicted molar refractivity (Wildman–Crippen MR) is 62.2 cm³/mol. The molecule has 0 bridgehead atoms. The van der Waals surface area contributed by atoms with Gasteiger partial charge in [-0.2, -0.15) is 0 Å². The predicted octanol–water partition coefficient (Wildman–Crippen LogP) is 1.69. The first-order valence-corrected chi connectivity index (χ1v) is 5.75. The number of amides is 2. The van der Waals surface area contributed by atoms with Gasteiger partial charge in [-0.05, 0) is 19.4 Å². The molecule has 1 aromatic heterocycles. The quantitative estimate of drug-likeness (QED) is 0.648. The lowest BCUT2D eigenvalue weighted by molar-refractivity contribution is 0.252. The number of carbonyl (C=O) groups is 1. The lowest BCUT2D eigenvalue weighted by Crippen LogP contribution is -2.30. The summed E-state index contributed by atoms with van der Waals surface area (Å²) in [5.41, 5.74) is 0.820. The molecule has 1 heterocycles. The van der Waals surface area contributed by atoms with Crippen molar-refractivity contribution in [1.82, 2.24) is 15.3 Å². The number of hydrogen-bond acceptors (Lipinski definition) is 3. The van der Waals surface area contributed by atoms with Crippen molar-refractivity contribution in [2.75, 3.05) is 17.2 Å². The van der Waals surface area contributed by atoms with E-state index in [0.717, 1.165) is 17.4 Å². The highest BCUT2D eigenvalue weighted by Gasteiger charge is 2.02. The van der Waals surface area contributed by atoms with E-state index in [0.29, 0.717) is 12.5 Å². The molecule has 82 valence electrons. The zero-order valence-electron chi connectivity index (χ0n) is 8.46. The van der Waals surface area contributed by atoms with Gasteiger partial charge in [-0.3, -0.25) is 5.32 Å². The number of aryl methyl sites for hydroxylation is 1. The summed E-state index contributed by atoms with van der Waals surface area (Å²) in [6.07, 6.45) is 2.50. The number of alkyl halides is 1. The summed E-state index contributed by atoms with van der Waals surface area (Å²) in [7, 11) is 0.